The third-order valence-electron chi connectivity index (χ3n) is 2.75. The Morgan fingerprint density at radius 3 is 2.25 bits per heavy atom. The molecule has 6 heteroatoms. The fourth-order valence-electron chi connectivity index (χ4n) is 1.31. The molecule has 1 aromatic rings. The number of hydrogen-bond donors (Lipinski definition) is 3. The average molecular weight is 278 g/mol. The Balaban J connectivity index is 2.37. The number of carboxylic acid groups (broad SMARTS) is 1. The fraction of sp³-hybridized carbons (Fsp3) is 0.357. The van der Waals surface area contributed by atoms with E-state index in [2.05, 4.69) is 10.6 Å². The van der Waals surface area contributed by atoms with Crippen molar-refractivity contribution < 1.29 is 19.5 Å². The molecule has 0 bridgehead atoms. The minimum atomic E-state index is -1.04. The van der Waals surface area contributed by atoms with E-state index in [0.717, 1.165) is 0 Å². The molecule has 0 atom stereocenters. The Bertz CT molecular complexity index is 497. The number of carbonyl (C=O) groups excluding carboxylic acids is 2. The Hall–Kier alpha value is -2.37. The lowest BCUT2D eigenvalue weighted by Crippen LogP contribution is -2.43. The molecule has 0 aliphatic carbocycles. The van der Waals surface area contributed by atoms with E-state index in [-0.39, 0.29) is 19.0 Å². The maximum atomic E-state index is 11.7. The number of aliphatic carboxylic acids is 1. The molecule has 0 saturated heterocycles. The van der Waals surface area contributed by atoms with Gasteiger partial charge in [-0.2, -0.15) is 0 Å². The minimum absolute atomic E-state index is 0.00236. The number of amides is 2. The molecule has 3 N–H and O–H groups in total. The highest BCUT2D eigenvalue weighted by Crippen LogP contribution is 2.12. The van der Waals surface area contributed by atoms with Crippen molar-refractivity contribution in [2.45, 2.75) is 13.8 Å². The second-order valence-electron chi connectivity index (χ2n) is 5.01. The smallest absolute Gasteiger partial charge is 0.310 e. The first-order chi connectivity index (χ1) is 9.33. The molecule has 0 spiro atoms. The molecule has 108 valence electrons. The van der Waals surface area contributed by atoms with Gasteiger partial charge in [0.1, 0.15) is 0 Å². The number of nitrogens with one attached hydrogen (secondary N) is 2. The van der Waals surface area contributed by atoms with E-state index in [1.807, 2.05) is 0 Å². The maximum Gasteiger partial charge on any atom is 0.310 e. The van der Waals surface area contributed by atoms with Crippen LogP contribution in [0.4, 0.5) is 0 Å². The Morgan fingerprint density at radius 2 is 1.70 bits per heavy atom. The predicted molar refractivity (Wildman–Crippen MR) is 73.2 cm³/mol. The Kier molecular flexibility index (Phi) is 5.25. The largest absolute Gasteiger partial charge is 0.481 e. The first-order valence-corrected chi connectivity index (χ1v) is 6.16. The summed E-state index contributed by atoms with van der Waals surface area (Å²) in [4.78, 5) is 34.1. The van der Waals surface area contributed by atoms with Crippen LogP contribution in [-0.4, -0.2) is 36.0 Å². The van der Waals surface area contributed by atoms with Gasteiger partial charge in [0.15, 0.2) is 0 Å². The van der Waals surface area contributed by atoms with Gasteiger partial charge in [-0.05, 0) is 26.0 Å². The normalized spacial score (nSPS) is 10.7. The van der Waals surface area contributed by atoms with E-state index in [4.69, 9.17) is 5.11 Å². The van der Waals surface area contributed by atoms with Gasteiger partial charge in [-0.3, -0.25) is 14.4 Å². The summed E-state index contributed by atoms with van der Waals surface area (Å²) in [6.45, 7) is 2.84. The van der Waals surface area contributed by atoms with Gasteiger partial charge in [0.2, 0.25) is 5.91 Å². The zero-order chi connectivity index (χ0) is 15.2. The van der Waals surface area contributed by atoms with E-state index in [9.17, 15) is 14.4 Å². The monoisotopic (exact) mass is 278 g/mol. The van der Waals surface area contributed by atoms with Crippen LogP contribution in [0.3, 0.4) is 0 Å². The highest BCUT2D eigenvalue weighted by molar-refractivity contribution is 5.96. The molecule has 2 amide bonds. The van der Waals surface area contributed by atoms with E-state index < -0.39 is 17.3 Å². The molecule has 0 fully saturated rings. The number of hydrogen-bond acceptors (Lipinski definition) is 3. The van der Waals surface area contributed by atoms with Crippen LogP contribution < -0.4 is 10.6 Å². The van der Waals surface area contributed by atoms with Crippen LogP contribution in [0.1, 0.15) is 24.2 Å². The van der Waals surface area contributed by atoms with Crippen molar-refractivity contribution >= 4 is 17.8 Å². The van der Waals surface area contributed by atoms with Crippen LogP contribution in [0.25, 0.3) is 0 Å². The van der Waals surface area contributed by atoms with Crippen molar-refractivity contribution in [3.8, 4) is 0 Å². The third-order valence-corrected chi connectivity index (χ3v) is 2.75. The zero-order valence-electron chi connectivity index (χ0n) is 11.5. The van der Waals surface area contributed by atoms with Gasteiger partial charge in [0.25, 0.3) is 5.91 Å². The number of rotatable bonds is 6. The van der Waals surface area contributed by atoms with Crippen LogP contribution >= 0.6 is 0 Å². The van der Waals surface area contributed by atoms with E-state index >= 15 is 0 Å². The molecule has 0 saturated carbocycles. The van der Waals surface area contributed by atoms with E-state index in [1.54, 1.807) is 30.3 Å². The first-order valence-electron chi connectivity index (χ1n) is 6.16. The van der Waals surface area contributed by atoms with Crippen LogP contribution in [-0.2, 0) is 9.59 Å². The predicted octanol–water partition coefficient (Wildman–Crippen LogP) is 0.643. The van der Waals surface area contributed by atoms with E-state index in [0.29, 0.717) is 5.56 Å². The topological polar surface area (TPSA) is 95.5 Å². The second-order valence-corrected chi connectivity index (χ2v) is 5.01. The first kappa shape index (κ1) is 15.7. The van der Waals surface area contributed by atoms with Gasteiger partial charge in [0.05, 0.1) is 12.0 Å². The molecule has 0 aliphatic heterocycles. The maximum absolute atomic E-state index is 11.7. The highest BCUT2D eigenvalue weighted by Gasteiger charge is 2.27. The standard InChI is InChI=1S/C14H18N2O4/c1-14(2,13(19)20)9-16-11(17)8-15-12(18)10-6-4-3-5-7-10/h3-7H,8-9H2,1-2H3,(H,15,18)(H,16,17)(H,19,20). The van der Waals surface area contributed by atoms with Crippen molar-refractivity contribution in [2.24, 2.45) is 5.41 Å². The summed E-state index contributed by atoms with van der Waals surface area (Å²) in [6.07, 6.45) is 0. The summed E-state index contributed by atoms with van der Waals surface area (Å²) in [7, 11) is 0. The molecule has 0 radical (unpaired) electrons. The molecule has 6 nitrogen and oxygen atoms in total. The Morgan fingerprint density at radius 1 is 1.10 bits per heavy atom. The van der Waals surface area contributed by atoms with Crippen molar-refractivity contribution in [1.82, 2.24) is 10.6 Å². The van der Waals surface area contributed by atoms with Gasteiger partial charge < -0.3 is 15.7 Å². The zero-order valence-corrected chi connectivity index (χ0v) is 11.5. The molecule has 1 rings (SSSR count). The van der Waals surface area contributed by atoms with Crippen molar-refractivity contribution in [3.05, 3.63) is 35.9 Å². The summed E-state index contributed by atoms with van der Waals surface area (Å²) in [5, 5.41) is 13.8. The summed E-state index contributed by atoms with van der Waals surface area (Å²) in [5.41, 5.74) is -0.579. The Labute approximate surface area is 117 Å². The minimum Gasteiger partial charge on any atom is -0.481 e. The van der Waals surface area contributed by atoms with Crippen molar-refractivity contribution in [1.29, 1.82) is 0 Å². The van der Waals surface area contributed by atoms with Crippen LogP contribution in [0.5, 0.6) is 0 Å². The van der Waals surface area contributed by atoms with Crippen molar-refractivity contribution in [2.75, 3.05) is 13.1 Å². The van der Waals surface area contributed by atoms with Gasteiger partial charge in [0, 0.05) is 12.1 Å². The summed E-state index contributed by atoms with van der Waals surface area (Å²) >= 11 is 0. The van der Waals surface area contributed by atoms with Gasteiger partial charge in [-0.25, -0.2) is 0 Å². The quantitative estimate of drug-likeness (QED) is 0.711. The van der Waals surface area contributed by atoms with Gasteiger partial charge in [-0.1, -0.05) is 18.2 Å². The van der Waals surface area contributed by atoms with E-state index in [1.165, 1.54) is 13.8 Å². The molecule has 0 aromatic heterocycles. The summed E-state index contributed by atoms with van der Waals surface area (Å²) in [6, 6.07) is 8.52. The number of carbonyl (C=O) groups is 3. The van der Waals surface area contributed by atoms with Crippen LogP contribution in [0.15, 0.2) is 30.3 Å². The SMILES string of the molecule is CC(C)(CNC(=O)CNC(=O)c1ccccc1)C(=O)O. The lowest BCUT2D eigenvalue weighted by Gasteiger charge is -2.19. The molecular weight excluding hydrogens is 260 g/mol. The van der Waals surface area contributed by atoms with Crippen LogP contribution in [0.2, 0.25) is 0 Å². The summed E-state index contributed by atoms with van der Waals surface area (Å²) < 4.78 is 0. The summed E-state index contributed by atoms with van der Waals surface area (Å²) in [5.74, 6) is -1.77. The third kappa shape index (κ3) is 4.72. The number of benzene rings is 1. The molecule has 0 heterocycles. The van der Waals surface area contributed by atoms with Gasteiger partial charge in [-0.15, -0.1) is 0 Å². The van der Waals surface area contributed by atoms with Crippen LogP contribution in [0, 0.1) is 5.41 Å². The molecular formula is C14H18N2O4. The second kappa shape index (κ2) is 6.70. The average Bonchev–Trinajstić information content (AvgIpc) is 2.43. The number of carboxylic acids is 1. The molecule has 0 aliphatic rings. The fourth-order valence-corrected chi connectivity index (χ4v) is 1.31. The van der Waals surface area contributed by atoms with Gasteiger partial charge >= 0.3 is 5.97 Å². The molecule has 20 heavy (non-hydrogen) atoms. The molecule has 0 unspecified atom stereocenters. The van der Waals surface area contributed by atoms with Crippen molar-refractivity contribution in [3.63, 3.8) is 0 Å². The highest BCUT2D eigenvalue weighted by atomic mass is 16.4. The lowest BCUT2D eigenvalue weighted by atomic mass is 9.94. The molecule has 1 aromatic carbocycles. The lowest BCUT2D eigenvalue weighted by molar-refractivity contribution is -0.146.